The van der Waals surface area contributed by atoms with Gasteiger partial charge in [-0.25, -0.2) is 0 Å². The summed E-state index contributed by atoms with van der Waals surface area (Å²) in [5, 5.41) is 0. The highest BCUT2D eigenvalue weighted by molar-refractivity contribution is 7.13. The third-order valence-corrected chi connectivity index (χ3v) is 7.41. The first kappa shape index (κ1) is 25.2. The van der Waals surface area contributed by atoms with E-state index in [1.165, 1.54) is 11.3 Å². The van der Waals surface area contributed by atoms with Crippen molar-refractivity contribution in [3.8, 4) is 33.2 Å². The highest BCUT2D eigenvalue weighted by atomic mass is 32.1. The van der Waals surface area contributed by atoms with Gasteiger partial charge in [-0.15, -0.1) is 0 Å². The average molecular weight is 521 g/mol. The Morgan fingerprint density at radius 3 is 2.00 bits per heavy atom. The number of carbonyl (C=O) groups is 1. The number of nitrogens with zero attached hydrogens (tertiary/aromatic N) is 2. The summed E-state index contributed by atoms with van der Waals surface area (Å²) in [7, 11) is 3.27. The van der Waals surface area contributed by atoms with Crippen molar-refractivity contribution in [3.05, 3.63) is 125 Å². The van der Waals surface area contributed by atoms with Gasteiger partial charge in [-0.2, -0.15) is 4.99 Å². The lowest BCUT2D eigenvalue weighted by atomic mass is 10.1. The molecule has 1 amide bonds. The van der Waals surface area contributed by atoms with Gasteiger partial charge >= 0.3 is 0 Å². The summed E-state index contributed by atoms with van der Waals surface area (Å²) in [5.41, 5.74) is 4.87. The Hall–Kier alpha value is -4.42. The number of carbonyl (C=O) groups excluding carboxylic acids is 1. The van der Waals surface area contributed by atoms with Crippen LogP contribution in [0.5, 0.6) is 11.5 Å². The first-order valence-electron chi connectivity index (χ1n) is 12.4. The molecule has 0 aliphatic heterocycles. The van der Waals surface area contributed by atoms with E-state index in [1.807, 2.05) is 72.8 Å². The highest BCUT2D eigenvalue weighted by Crippen LogP contribution is 2.35. The van der Waals surface area contributed by atoms with Crippen molar-refractivity contribution in [1.29, 1.82) is 0 Å². The van der Waals surface area contributed by atoms with Gasteiger partial charge in [0, 0.05) is 12.1 Å². The first-order chi connectivity index (χ1) is 18.7. The Kier molecular flexibility index (Phi) is 7.81. The van der Waals surface area contributed by atoms with Gasteiger partial charge in [-0.1, -0.05) is 96.3 Å². The molecule has 0 saturated carbocycles. The van der Waals surface area contributed by atoms with Crippen molar-refractivity contribution in [2.45, 2.75) is 13.0 Å². The van der Waals surface area contributed by atoms with Crippen LogP contribution in [0, 0.1) is 0 Å². The largest absolute Gasteiger partial charge is 0.493 e. The van der Waals surface area contributed by atoms with E-state index in [4.69, 9.17) is 9.47 Å². The fourth-order valence-corrected chi connectivity index (χ4v) is 5.56. The predicted octanol–water partition coefficient (Wildman–Crippen LogP) is 6.88. The summed E-state index contributed by atoms with van der Waals surface area (Å²) in [5.74, 6) is 1.13. The fourth-order valence-electron chi connectivity index (χ4n) is 4.38. The number of aryl methyl sites for hydroxylation is 1. The standard InChI is InChI=1S/C32H28N2O3S/c1-36-27-19-18-23(22-28(27)37-2)20-21-34-29(24-12-6-3-7-13-24)30(25-14-8-4-9-15-25)38-32(34)33-31(35)26-16-10-5-11-17-26/h3-19,22H,20-21H2,1-2H3. The number of ether oxygens (including phenoxy) is 2. The van der Waals surface area contributed by atoms with Gasteiger partial charge < -0.3 is 14.0 Å². The number of aromatic nitrogens is 1. The second-order valence-electron chi connectivity index (χ2n) is 8.67. The molecule has 0 fully saturated rings. The van der Waals surface area contributed by atoms with E-state index in [-0.39, 0.29) is 5.91 Å². The SMILES string of the molecule is COc1ccc(CCn2c(-c3ccccc3)c(-c3ccccc3)sc2=NC(=O)c2ccccc2)cc1OC. The van der Waals surface area contributed by atoms with Crippen LogP contribution in [0.2, 0.25) is 0 Å². The van der Waals surface area contributed by atoms with Gasteiger partial charge in [0.15, 0.2) is 16.3 Å². The molecule has 5 aromatic rings. The maximum absolute atomic E-state index is 13.2. The Bertz CT molecular complexity index is 1590. The third kappa shape index (κ3) is 5.45. The molecule has 0 N–H and O–H groups in total. The second-order valence-corrected chi connectivity index (χ2v) is 9.65. The minimum absolute atomic E-state index is 0.258. The van der Waals surface area contributed by atoms with Crippen molar-refractivity contribution < 1.29 is 14.3 Å². The van der Waals surface area contributed by atoms with Crippen LogP contribution in [0.25, 0.3) is 21.7 Å². The van der Waals surface area contributed by atoms with Gasteiger partial charge in [-0.05, 0) is 47.4 Å². The number of rotatable bonds is 8. The molecule has 0 bridgehead atoms. The number of methoxy groups -OCH3 is 2. The van der Waals surface area contributed by atoms with Crippen LogP contribution in [0.15, 0.2) is 114 Å². The first-order valence-corrected chi connectivity index (χ1v) is 13.2. The van der Waals surface area contributed by atoms with Gasteiger partial charge in [0.2, 0.25) is 0 Å². The van der Waals surface area contributed by atoms with Gasteiger partial charge in [-0.3, -0.25) is 4.79 Å². The van der Waals surface area contributed by atoms with Crippen LogP contribution < -0.4 is 14.3 Å². The number of thiazole rings is 1. The molecule has 0 atom stereocenters. The van der Waals surface area contributed by atoms with Crippen LogP contribution in [0.4, 0.5) is 0 Å². The zero-order valence-corrected chi connectivity index (χ0v) is 22.2. The quantitative estimate of drug-likeness (QED) is 0.224. The summed E-state index contributed by atoms with van der Waals surface area (Å²) in [6.45, 7) is 0.629. The normalized spacial score (nSPS) is 11.4. The minimum atomic E-state index is -0.258. The molecule has 6 heteroatoms. The molecule has 5 rings (SSSR count). The zero-order valence-electron chi connectivity index (χ0n) is 21.3. The lowest BCUT2D eigenvalue weighted by Gasteiger charge is -2.13. The summed E-state index contributed by atoms with van der Waals surface area (Å²) >= 11 is 1.54. The molecule has 190 valence electrons. The molecule has 4 aromatic carbocycles. The van der Waals surface area contributed by atoms with E-state index in [9.17, 15) is 4.79 Å². The molecule has 1 aromatic heterocycles. The lowest BCUT2D eigenvalue weighted by Crippen LogP contribution is -2.19. The van der Waals surface area contributed by atoms with E-state index in [1.54, 1.807) is 26.4 Å². The molecule has 0 spiro atoms. The topological polar surface area (TPSA) is 52.8 Å². The summed E-state index contributed by atoms with van der Waals surface area (Å²) in [6.07, 6.45) is 0.720. The van der Waals surface area contributed by atoms with Crippen molar-refractivity contribution in [1.82, 2.24) is 4.57 Å². The number of amides is 1. The summed E-state index contributed by atoms with van der Waals surface area (Å²) < 4.78 is 13.1. The number of benzene rings is 4. The molecule has 0 aliphatic rings. The van der Waals surface area contributed by atoms with Crippen molar-refractivity contribution in [2.75, 3.05) is 14.2 Å². The van der Waals surface area contributed by atoms with Crippen molar-refractivity contribution in [3.63, 3.8) is 0 Å². The summed E-state index contributed by atoms with van der Waals surface area (Å²) in [6, 6.07) is 35.7. The van der Waals surface area contributed by atoms with Gasteiger partial charge in [0.25, 0.3) is 5.91 Å². The average Bonchev–Trinajstić information content (AvgIpc) is 3.34. The van der Waals surface area contributed by atoms with Crippen LogP contribution in [0.1, 0.15) is 15.9 Å². The monoisotopic (exact) mass is 520 g/mol. The highest BCUT2D eigenvalue weighted by Gasteiger charge is 2.18. The van der Waals surface area contributed by atoms with Crippen LogP contribution in [0.3, 0.4) is 0 Å². The third-order valence-electron chi connectivity index (χ3n) is 6.28. The van der Waals surface area contributed by atoms with Crippen LogP contribution >= 0.6 is 11.3 Å². The Morgan fingerprint density at radius 2 is 1.37 bits per heavy atom. The molecule has 0 unspecified atom stereocenters. The Labute approximate surface area is 226 Å². The molecular formula is C32H28N2O3S. The van der Waals surface area contributed by atoms with Gasteiger partial charge in [0.1, 0.15) is 0 Å². The zero-order chi connectivity index (χ0) is 26.3. The molecule has 5 nitrogen and oxygen atoms in total. The second kappa shape index (κ2) is 11.8. The van der Waals surface area contributed by atoms with E-state index >= 15 is 0 Å². The molecule has 1 heterocycles. The lowest BCUT2D eigenvalue weighted by molar-refractivity contribution is 0.0997. The minimum Gasteiger partial charge on any atom is -0.493 e. The fraction of sp³-hybridized carbons (Fsp3) is 0.125. The molecule has 0 aliphatic carbocycles. The van der Waals surface area contributed by atoms with E-state index in [0.29, 0.717) is 28.4 Å². The van der Waals surface area contributed by atoms with E-state index in [2.05, 4.69) is 33.8 Å². The molecular weight excluding hydrogens is 492 g/mol. The van der Waals surface area contributed by atoms with Gasteiger partial charge in [0.05, 0.1) is 24.8 Å². The Balaban J connectivity index is 1.66. The maximum atomic E-state index is 13.2. The van der Waals surface area contributed by atoms with Crippen LogP contribution in [-0.4, -0.2) is 24.7 Å². The van der Waals surface area contributed by atoms with E-state index < -0.39 is 0 Å². The molecule has 38 heavy (non-hydrogen) atoms. The number of hydrogen-bond acceptors (Lipinski definition) is 4. The van der Waals surface area contributed by atoms with Crippen molar-refractivity contribution >= 4 is 17.2 Å². The number of hydrogen-bond donors (Lipinski definition) is 0. The smallest absolute Gasteiger partial charge is 0.279 e. The van der Waals surface area contributed by atoms with Crippen LogP contribution in [-0.2, 0) is 13.0 Å². The molecule has 0 saturated heterocycles. The van der Waals surface area contributed by atoms with E-state index in [0.717, 1.165) is 33.7 Å². The Morgan fingerprint density at radius 1 is 0.763 bits per heavy atom. The maximum Gasteiger partial charge on any atom is 0.279 e. The molecule has 0 radical (unpaired) electrons. The summed E-state index contributed by atoms with van der Waals surface area (Å²) in [4.78, 5) is 19.6. The van der Waals surface area contributed by atoms with Crippen molar-refractivity contribution in [2.24, 2.45) is 4.99 Å². The predicted molar refractivity (Wildman–Crippen MR) is 153 cm³/mol.